The molecule has 0 unspecified atom stereocenters. The highest BCUT2D eigenvalue weighted by Gasteiger charge is 2.19. The highest BCUT2D eigenvalue weighted by molar-refractivity contribution is 7.80. The van der Waals surface area contributed by atoms with Crippen molar-refractivity contribution in [3.05, 3.63) is 29.6 Å². The van der Waals surface area contributed by atoms with Crippen molar-refractivity contribution in [2.75, 3.05) is 19.3 Å². The average molecular weight is 250 g/mol. The molecule has 2 rings (SSSR count). The van der Waals surface area contributed by atoms with Gasteiger partial charge in [0.25, 0.3) is 0 Å². The van der Waals surface area contributed by atoms with Crippen LogP contribution in [0.3, 0.4) is 0 Å². The lowest BCUT2D eigenvalue weighted by Gasteiger charge is -2.25. The molecule has 1 aliphatic heterocycles. The van der Waals surface area contributed by atoms with Gasteiger partial charge in [0.2, 0.25) is 0 Å². The van der Waals surface area contributed by atoms with Gasteiger partial charge in [-0.1, -0.05) is 18.9 Å². The molecule has 1 atom stereocenters. The van der Waals surface area contributed by atoms with Gasteiger partial charge in [0.15, 0.2) is 0 Å². The van der Waals surface area contributed by atoms with Gasteiger partial charge in [-0.2, -0.15) is 12.6 Å². The second kappa shape index (κ2) is 6.41. The summed E-state index contributed by atoms with van der Waals surface area (Å²) in [6.07, 6.45) is 8.33. The van der Waals surface area contributed by atoms with E-state index >= 15 is 0 Å². The molecule has 1 aromatic rings. The molecule has 3 heteroatoms. The molecule has 0 radical (unpaired) electrons. The number of nitrogens with zero attached hydrogens (tertiary/aromatic N) is 2. The average Bonchev–Trinajstić information content (AvgIpc) is 2.56. The highest BCUT2D eigenvalue weighted by atomic mass is 32.1. The Bertz CT molecular complexity index is 337. The molecule has 94 valence electrons. The minimum Gasteiger partial charge on any atom is -0.299 e. The maximum Gasteiger partial charge on any atom is 0.0411 e. The summed E-state index contributed by atoms with van der Waals surface area (Å²) < 4.78 is 0. The number of likely N-dealkylation sites (tertiary alicyclic amines) is 1. The van der Waals surface area contributed by atoms with Crippen LogP contribution in [-0.2, 0) is 6.42 Å². The van der Waals surface area contributed by atoms with Crippen LogP contribution in [-0.4, -0.2) is 29.2 Å². The Morgan fingerprint density at radius 2 is 2.24 bits per heavy atom. The van der Waals surface area contributed by atoms with Gasteiger partial charge in [-0.15, -0.1) is 0 Å². The fourth-order valence-corrected chi connectivity index (χ4v) is 2.80. The molecule has 2 nitrogen and oxygen atoms in total. The van der Waals surface area contributed by atoms with Crippen molar-refractivity contribution in [2.24, 2.45) is 0 Å². The molecule has 1 aliphatic rings. The van der Waals surface area contributed by atoms with E-state index in [2.05, 4.69) is 47.9 Å². The number of aromatic nitrogens is 1. The lowest BCUT2D eigenvalue weighted by atomic mass is 10.0. The standard InChI is InChI=1S/C14H22N2S/c1-16-9-4-2-3-5-14(16)12-6-7-13(8-10-17)15-11-12/h6-7,11,14,17H,2-5,8-10H2,1H3/t14-/m0/s1. The Balaban J connectivity index is 2.09. The van der Waals surface area contributed by atoms with Crippen molar-refractivity contribution in [3.8, 4) is 0 Å². The predicted molar refractivity (Wildman–Crippen MR) is 75.6 cm³/mol. The first-order valence-electron chi connectivity index (χ1n) is 6.57. The largest absolute Gasteiger partial charge is 0.299 e. The topological polar surface area (TPSA) is 16.1 Å². The highest BCUT2D eigenvalue weighted by Crippen LogP contribution is 2.28. The molecule has 0 spiro atoms. The number of aryl methyl sites for hydroxylation is 1. The van der Waals surface area contributed by atoms with Gasteiger partial charge in [0.05, 0.1) is 0 Å². The van der Waals surface area contributed by atoms with E-state index in [0.717, 1.165) is 17.9 Å². The fraction of sp³-hybridized carbons (Fsp3) is 0.643. The van der Waals surface area contributed by atoms with Crippen molar-refractivity contribution < 1.29 is 0 Å². The summed E-state index contributed by atoms with van der Waals surface area (Å²) in [5, 5.41) is 0. The maximum absolute atomic E-state index is 4.53. The Hall–Kier alpha value is -0.540. The summed E-state index contributed by atoms with van der Waals surface area (Å²) in [6.45, 7) is 1.21. The Morgan fingerprint density at radius 3 is 2.94 bits per heavy atom. The molecule has 17 heavy (non-hydrogen) atoms. The second-order valence-electron chi connectivity index (χ2n) is 4.90. The number of rotatable bonds is 3. The summed E-state index contributed by atoms with van der Waals surface area (Å²) in [6, 6.07) is 4.97. The third kappa shape index (κ3) is 3.46. The van der Waals surface area contributed by atoms with Crippen LogP contribution < -0.4 is 0 Å². The van der Waals surface area contributed by atoms with Crippen molar-refractivity contribution >= 4 is 12.6 Å². The van der Waals surface area contributed by atoms with Crippen LogP contribution in [0.4, 0.5) is 0 Å². The van der Waals surface area contributed by atoms with Gasteiger partial charge in [-0.05, 0) is 50.2 Å². The van der Waals surface area contributed by atoms with Crippen LogP contribution in [0.2, 0.25) is 0 Å². The second-order valence-corrected chi connectivity index (χ2v) is 5.35. The van der Waals surface area contributed by atoms with Crippen LogP contribution in [0.25, 0.3) is 0 Å². The lowest BCUT2D eigenvalue weighted by molar-refractivity contribution is 0.250. The fourth-order valence-electron chi connectivity index (χ4n) is 2.57. The van der Waals surface area contributed by atoms with Crippen LogP contribution in [0.15, 0.2) is 18.3 Å². The van der Waals surface area contributed by atoms with E-state index in [1.807, 2.05) is 0 Å². The van der Waals surface area contributed by atoms with Crippen LogP contribution in [0.5, 0.6) is 0 Å². The van der Waals surface area contributed by atoms with Gasteiger partial charge < -0.3 is 0 Å². The Morgan fingerprint density at radius 1 is 1.35 bits per heavy atom. The van der Waals surface area contributed by atoms with E-state index in [9.17, 15) is 0 Å². The summed E-state index contributed by atoms with van der Waals surface area (Å²) in [4.78, 5) is 7.01. The molecule has 0 saturated carbocycles. The van der Waals surface area contributed by atoms with Gasteiger partial charge >= 0.3 is 0 Å². The SMILES string of the molecule is CN1CCCCC[C@H]1c1ccc(CCS)nc1. The summed E-state index contributed by atoms with van der Waals surface area (Å²) in [5.74, 6) is 0.871. The minimum absolute atomic E-state index is 0.565. The zero-order valence-corrected chi connectivity index (χ0v) is 11.5. The van der Waals surface area contributed by atoms with Crippen LogP contribution >= 0.6 is 12.6 Å². The first-order chi connectivity index (χ1) is 8.31. The summed E-state index contributed by atoms with van der Waals surface area (Å²) >= 11 is 4.24. The van der Waals surface area contributed by atoms with E-state index in [1.54, 1.807) is 0 Å². The monoisotopic (exact) mass is 250 g/mol. The number of hydrogen-bond acceptors (Lipinski definition) is 3. The molecule has 2 heterocycles. The van der Waals surface area contributed by atoms with E-state index < -0.39 is 0 Å². The van der Waals surface area contributed by atoms with Crippen molar-refractivity contribution in [3.63, 3.8) is 0 Å². The lowest BCUT2D eigenvalue weighted by Crippen LogP contribution is -2.24. The molecule has 1 fully saturated rings. The molecular weight excluding hydrogens is 228 g/mol. The number of hydrogen-bond donors (Lipinski definition) is 1. The predicted octanol–water partition coefficient (Wildman–Crippen LogP) is 3.10. The third-order valence-electron chi connectivity index (χ3n) is 3.62. The van der Waals surface area contributed by atoms with Gasteiger partial charge in [-0.3, -0.25) is 9.88 Å². The normalized spacial score (nSPS) is 22.4. The van der Waals surface area contributed by atoms with Crippen molar-refractivity contribution in [1.29, 1.82) is 0 Å². The molecule has 0 aliphatic carbocycles. The number of pyridine rings is 1. The van der Waals surface area contributed by atoms with Crippen molar-refractivity contribution in [2.45, 2.75) is 38.1 Å². The first-order valence-corrected chi connectivity index (χ1v) is 7.20. The van der Waals surface area contributed by atoms with E-state index in [0.29, 0.717) is 6.04 Å². The quantitative estimate of drug-likeness (QED) is 0.830. The van der Waals surface area contributed by atoms with E-state index in [-0.39, 0.29) is 0 Å². The molecule has 0 bridgehead atoms. The smallest absolute Gasteiger partial charge is 0.0411 e. The molecule has 1 aromatic heterocycles. The molecule has 0 aromatic carbocycles. The van der Waals surface area contributed by atoms with Crippen molar-refractivity contribution in [1.82, 2.24) is 9.88 Å². The zero-order chi connectivity index (χ0) is 12.1. The van der Waals surface area contributed by atoms with Crippen LogP contribution in [0, 0.1) is 0 Å². The summed E-state index contributed by atoms with van der Waals surface area (Å²) in [7, 11) is 2.23. The summed E-state index contributed by atoms with van der Waals surface area (Å²) in [5.41, 5.74) is 2.53. The zero-order valence-electron chi connectivity index (χ0n) is 10.6. The Kier molecular flexibility index (Phi) is 4.86. The number of thiol groups is 1. The maximum atomic E-state index is 4.53. The van der Waals surface area contributed by atoms with Crippen LogP contribution in [0.1, 0.15) is 43.0 Å². The van der Waals surface area contributed by atoms with Gasteiger partial charge in [-0.25, -0.2) is 0 Å². The molecule has 1 saturated heterocycles. The molecule has 0 amide bonds. The van der Waals surface area contributed by atoms with Gasteiger partial charge in [0, 0.05) is 17.9 Å². The first kappa shape index (κ1) is 12.9. The minimum atomic E-state index is 0.565. The van der Waals surface area contributed by atoms with E-state index in [4.69, 9.17) is 0 Å². The Labute approximate surface area is 110 Å². The third-order valence-corrected chi connectivity index (χ3v) is 3.84. The molecular formula is C14H22N2S. The molecule has 0 N–H and O–H groups in total. The van der Waals surface area contributed by atoms with E-state index in [1.165, 1.54) is 37.8 Å². The van der Waals surface area contributed by atoms with Gasteiger partial charge in [0.1, 0.15) is 0 Å².